The van der Waals surface area contributed by atoms with Crippen molar-refractivity contribution in [2.45, 2.75) is 51.7 Å². The Kier molecular flexibility index (Phi) is 4.07. The molecule has 132 valence electrons. The molecule has 2 bridgehead atoms. The summed E-state index contributed by atoms with van der Waals surface area (Å²) in [5, 5.41) is 11.5. The van der Waals surface area contributed by atoms with Crippen molar-refractivity contribution in [2.75, 3.05) is 11.9 Å². The molecule has 25 heavy (non-hydrogen) atoms. The third-order valence-electron chi connectivity index (χ3n) is 5.11. The molecule has 2 aliphatic heterocycles. The molecule has 1 aromatic carbocycles. The van der Waals surface area contributed by atoms with Crippen LogP contribution < -0.4 is 10.1 Å². The Bertz CT molecular complexity index is 788. The molecule has 0 radical (unpaired) electrons. The van der Waals surface area contributed by atoms with E-state index in [0.717, 1.165) is 37.5 Å². The molecule has 1 saturated heterocycles. The number of rotatable bonds is 3. The molecule has 4 rings (SSSR count). The molecule has 1 aromatic heterocycles. The normalized spacial score (nSPS) is 21.6. The summed E-state index contributed by atoms with van der Waals surface area (Å²) in [7, 11) is 0. The maximum Gasteiger partial charge on any atom is 0.322 e. The van der Waals surface area contributed by atoms with Crippen molar-refractivity contribution in [1.29, 1.82) is 0 Å². The molecule has 0 saturated carbocycles. The standard InChI is InChI=1S/C18H23N5O2/c1-3-25-16-7-5-4-6-15(16)19-18(24)23-13-8-9-14(23)11-22-12(2)20-21-17(22)10-13/h4-7,13-14H,3,8-11H2,1-2H3,(H,19,24)/t13-,14+/m0/s1. The summed E-state index contributed by atoms with van der Waals surface area (Å²) in [6.45, 7) is 5.24. The van der Waals surface area contributed by atoms with E-state index in [4.69, 9.17) is 4.74 Å². The average Bonchev–Trinajstić information content (AvgIpc) is 3.08. The number of para-hydroxylation sites is 2. The number of ether oxygens (including phenoxy) is 1. The molecule has 2 aromatic rings. The van der Waals surface area contributed by atoms with E-state index in [9.17, 15) is 4.79 Å². The predicted octanol–water partition coefficient (Wildman–Crippen LogP) is 2.61. The highest BCUT2D eigenvalue weighted by Crippen LogP contribution is 2.33. The van der Waals surface area contributed by atoms with Gasteiger partial charge in [0.2, 0.25) is 0 Å². The van der Waals surface area contributed by atoms with Gasteiger partial charge in [-0.25, -0.2) is 4.79 Å². The number of amides is 2. The number of hydrogen-bond acceptors (Lipinski definition) is 4. The lowest BCUT2D eigenvalue weighted by Gasteiger charge is -2.28. The van der Waals surface area contributed by atoms with Gasteiger partial charge in [0.25, 0.3) is 0 Å². The van der Waals surface area contributed by atoms with E-state index < -0.39 is 0 Å². The van der Waals surface area contributed by atoms with E-state index in [1.165, 1.54) is 0 Å². The van der Waals surface area contributed by atoms with Crippen molar-refractivity contribution in [3.05, 3.63) is 35.9 Å². The Morgan fingerprint density at radius 1 is 1.28 bits per heavy atom. The van der Waals surface area contributed by atoms with Crippen LogP contribution in [0.15, 0.2) is 24.3 Å². The van der Waals surface area contributed by atoms with Gasteiger partial charge in [-0.2, -0.15) is 0 Å². The number of nitrogens with one attached hydrogen (secondary N) is 1. The Balaban J connectivity index is 1.55. The Morgan fingerprint density at radius 2 is 2.08 bits per heavy atom. The first kappa shape index (κ1) is 15.9. The van der Waals surface area contributed by atoms with Crippen LogP contribution in [0.25, 0.3) is 0 Å². The van der Waals surface area contributed by atoms with E-state index in [-0.39, 0.29) is 18.1 Å². The minimum Gasteiger partial charge on any atom is -0.492 e. The highest BCUT2D eigenvalue weighted by atomic mass is 16.5. The highest BCUT2D eigenvalue weighted by Gasteiger charge is 2.41. The second-order valence-corrected chi connectivity index (χ2v) is 6.63. The zero-order chi connectivity index (χ0) is 17.4. The van der Waals surface area contributed by atoms with Gasteiger partial charge >= 0.3 is 6.03 Å². The molecule has 7 heteroatoms. The SMILES string of the molecule is CCOc1ccccc1NC(=O)N1[C@@H]2CC[C@H]1Cc1nnc(C)n1C2. The molecular weight excluding hydrogens is 318 g/mol. The summed E-state index contributed by atoms with van der Waals surface area (Å²) in [5.41, 5.74) is 0.716. The number of aryl methyl sites for hydroxylation is 1. The first-order valence-corrected chi connectivity index (χ1v) is 8.87. The van der Waals surface area contributed by atoms with Crippen LogP contribution in [-0.2, 0) is 13.0 Å². The van der Waals surface area contributed by atoms with Gasteiger partial charge in [0.05, 0.1) is 18.3 Å². The lowest BCUT2D eigenvalue weighted by Crippen LogP contribution is -2.44. The topological polar surface area (TPSA) is 72.3 Å². The van der Waals surface area contributed by atoms with E-state index in [0.29, 0.717) is 18.0 Å². The number of benzene rings is 1. The summed E-state index contributed by atoms with van der Waals surface area (Å²) < 4.78 is 7.77. The Hall–Kier alpha value is -2.57. The van der Waals surface area contributed by atoms with Crippen LogP contribution in [0.4, 0.5) is 10.5 Å². The number of nitrogens with zero attached hydrogens (tertiary/aromatic N) is 4. The molecule has 2 atom stereocenters. The summed E-state index contributed by atoms with van der Waals surface area (Å²) in [6.07, 6.45) is 2.79. The lowest BCUT2D eigenvalue weighted by molar-refractivity contribution is 0.184. The largest absolute Gasteiger partial charge is 0.492 e. The van der Waals surface area contributed by atoms with Gasteiger partial charge in [-0.05, 0) is 38.8 Å². The highest BCUT2D eigenvalue weighted by molar-refractivity contribution is 5.91. The third-order valence-corrected chi connectivity index (χ3v) is 5.11. The van der Waals surface area contributed by atoms with Gasteiger partial charge in [-0.15, -0.1) is 10.2 Å². The second-order valence-electron chi connectivity index (χ2n) is 6.63. The zero-order valence-electron chi connectivity index (χ0n) is 14.6. The number of hydrogen-bond donors (Lipinski definition) is 1. The van der Waals surface area contributed by atoms with Crippen molar-refractivity contribution in [3.8, 4) is 5.75 Å². The number of fused-ring (bicyclic) bond motifs is 3. The molecule has 1 N–H and O–H groups in total. The van der Waals surface area contributed by atoms with Crippen LogP contribution in [-0.4, -0.2) is 44.4 Å². The maximum atomic E-state index is 13.0. The zero-order valence-corrected chi connectivity index (χ0v) is 14.6. The van der Waals surface area contributed by atoms with Crippen molar-refractivity contribution in [1.82, 2.24) is 19.7 Å². The minimum atomic E-state index is -0.0592. The van der Waals surface area contributed by atoms with E-state index in [1.54, 1.807) is 0 Å². The number of urea groups is 1. The van der Waals surface area contributed by atoms with Crippen molar-refractivity contribution < 1.29 is 9.53 Å². The molecule has 1 fully saturated rings. The third kappa shape index (κ3) is 2.83. The maximum absolute atomic E-state index is 13.0. The molecular formula is C18H23N5O2. The van der Waals surface area contributed by atoms with Crippen molar-refractivity contribution in [3.63, 3.8) is 0 Å². The van der Waals surface area contributed by atoms with Crippen LogP contribution in [0, 0.1) is 6.92 Å². The van der Waals surface area contributed by atoms with Gasteiger partial charge in [-0.1, -0.05) is 12.1 Å². The molecule has 7 nitrogen and oxygen atoms in total. The molecule has 2 amide bonds. The van der Waals surface area contributed by atoms with Gasteiger partial charge in [-0.3, -0.25) is 0 Å². The van der Waals surface area contributed by atoms with Gasteiger partial charge in [0.1, 0.15) is 17.4 Å². The summed E-state index contributed by atoms with van der Waals surface area (Å²) in [6, 6.07) is 7.86. The van der Waals surface area contributed by atoms with Crippen LogP contribution in [0.1, 0.15) is 31.4 Å². The molecule has 0 unspecified atom stereocenters. The van der Waals surface area contributed by atoms with Gasteiger partial charge in [0, 0.05) is 19.0 Å². The minimum absolute atomic E-state index is 0.0592. The lowest BCUT2D eigenvalue weighted by atomic mass is 10.1. The average molecular weight is 341 g/mol. The number of carbonyl (C=O) groups excluding carboxylic acids is 1. The quantitative estimate of drug-likeness (QED) is 0.931. The fourth-order valence-electron chi connectivity index (χ4n) is 3.94. The van der Waals surface area contributed by atoms with Crippen molar-refractivity contribution in [2.24, 2.45) is 0 Å². The monoisotopic (exact) mass is 341 g/mol. The Morgan fingerprint density at radius 3 is 2.92 bits per heavy atom. The molecule has 0 aliphatic carbocycles. The number of anilines is 1. The van der Waals surface area contributed by atoms with Crippen LogP contribution in [0.5, 0.6) is 5.75 Å². The fraction of sp³-hybridized carbons (Fsp3) is 0.500. The Labute approximate surface area is 147 Å². The van der Waals surface area contributed by atoms with E-state index in [1.807, 2.05) is 43.0 Å². The fourth-order valence-corrected chi connectivity index (χ4v) is 3.94. The molecule has 3 heterocycles. The van der Waals surface area contributed by atoms with Crippen LogP contribution in [0.3, 0.4) is 0 Å². The van der Waals surface area contributed by atoms with E-state index >= 15 is 0 Å². The number of aromatic nitrogens is 3. The second kappa shape index (κ2) is 6.38. The predicted molar refractivity (Wildman–Crippen MR) is 93.7 cm³/mol. The van der Waals surface area contributed by atoms with E-state index in [2.05, 4.69) is 20.1 Å². The number of carbonyl (C=O) groups is 1. The smallest absolute Gasteiger partial charge is 0.322 e. The van der Waals surface area contributed by atoms with Gasteiger partial charge in [0.15, 0.2) is 0 Å². The van der Waals surface area contributed by atoms with Crippen molar-refractivity contribution >= 4 is 11.7 Å². The summed E-state index contributed by atoms with van der Waals surface area (Å²) >= 11 is 0. The summed E-state index contributed by atoms with van der Waals surface area (Å²) in [4.78, 5) is 15.0. The van der Waals surface area contributed by atoms with Crippen LogP contribution in [0.2, 0.25) is 0 Å². The first-order valence-electron chi connectivity index (χ1n) is 8.87. The summed E-state index contributed by atoms with van der Waals surface area (Å²) in [5.74, 6) is 2.61. The first-order chi connectivity index (χ1) is 12.2. The molecule has 0 spiro atoms. The molecule has 2 aliphatic rings. The van der Waals surface area contributed by atoms with Gasteiger partial charge < -0.3 is 19.5 Å². The van der Waals surface area contributed by atoms with Crippen LogP contribution >= 0.6 is 0 Å².